The summed E-state index contributed by atoms with van der Waals surface area (Å²) in [6, 6.07) is 13.3. The number of nitriles is 1. The van der Waals surface area contributed by atoms with E-state index in [1.54, 1.807) is 6.07 Å². The molecule has 0 aliphatic rings. The Kier molecular flexibility index (Phi) is 5.56. The molecule has 0 fully saturated rings. The van der Waals surface area contributed by atoms with Crippen molar-refractivity contribution < 1.29 is 18.0 Å². The van der Waals surface area contributed by atoms with Gasteiger partial charge in [-0.15, -0.1) is 11.3 Å². The number of pyridine rings is 1. The van der Waals surface area contributed by atoms with Crippen molar-refractivity contribution in [2.75, 3.05) is 11.5 Å². The van der Waals surface area contributed by atoms with Crippen LogP contribution in [-0.2, 0) is 6.18 Å². The largest absolute Gasteiger partial charge is 0.416 e. The van der Waals surface area contributed by atoms with E-state index in [1.807, 2.05) is 18.2 Å². The molecule has 4 N–H and O–H groups in total. The van der Waals surface area contributed by atoms with Crippen LogP contribution in [0.15, 0.2) is 48.5 Å². The lowest BCUT2D eigenvalue weighted by Crippen LogP contribution is -2.07. The van der Waals surface area contributed by atoms with Crippen LogP contribution in [0, 0.1) is 14.9 Å². The number of rotatable bonds is 3. The van der Waals surface area contributed by atoms with Crippen LogP contribution in [-0.4, -0.2) is 10.8 Å². The fourth-order valence-corrected chi connectivity index (χ4v) is 5.06. The van der Waals surface area contributed by atoms with E-state index in [-0.39, 0.29) is 27.5 Å². The van der Waals surface area contributed by atoms with E-state index in [0.29, 0.717) is 21.3 Å². The fourth-order valence-electron chi connectivity index (χ4n) is 3.33. The molecule has 160 valence electrons. The number of aromatic nitrogens is 1. The molecule has 0 amide bonds. The number of nitrogens with two attached hydrogens (primary N) is 2. The van der Waals surface area contributed by atoms with Crippen molar-refractivity contribution in [2.24, 2.45) is 0 Å². The highest BCUT2D eigenvalue weighted by atomic mass is 127. The van der Waals surface area contributed by atoms with E-state index in [9.17, 15) is 23.2 Å². The molecular formula is C22H12F3IN4OS. The predicted molar refractivity (Wildman–Crippen MR) is 126 cm³/mol. The maximum Gasteiger partial charge on any atom is 0.416 e. The monoisotopic (exact) mass is 564 g/mol. The zero-order valence-electron chi connectivity index (χ0n) is 16.0. The highest BCUT2D eigenvalue weighted by Crippen LogP contribution is 2.44. The second-order valence-electron chi connectivity index (χ2n) is 6.77. The molecule has 4 aromatic rings. The number of ketones is 1. The number of carbonyl (C=O) groups excluding carboxylic acids is 1. The first-order valence-electron chi connectivity index (χ1n) is 9.02. The summed E-state index contributed by atoms with van der Waals surface area (Å²) in [5.41, 5.74) is 13.0. The van der Waals surface area contributed by atoms with Crippen LogP contribution < -0.4 is 11.5 Å². The zero-order valence-corrected chi connectivity index (χ0v) is 19.0. The lowest BCUT2D eigenvalue weighted by molar-refractivity contribution is -0.137. The number of hydrogen-bond donors (Lipinski definition) is 2. The van der Waals surface area contributed by atoms with Crippen molar-refractivity contribution in [3.63, 3.8) is 0 Å². The van der Waals surface area contributed by atoms with Crippen LogP contribution >= 0.6 is 33.9 Å². The van der Waals surface area contributed by atoms with Crippen molar-refractivity contribution in [2.45, 2.75) is 6.18 Å². The Labute approximate surface area is 197 Å². The number of alkyl halides is 3. The summed E-state index contributed by atoms with van der Waals surface area (Å²) in [6.45, 7) is 0. The number of nitrogen functional groups attached to an aromatic ring is 2. The Hall–Kier alpha value is -3.17. The van der Waals surface area contributed by atoms with Crippen molar-refractivity contribution in [3.05, 3.63) is 73.7 Å². The average molecular weight is 564 g/mol. The van der Waals surface area contributed by atoms with Crippen molar-refractivity contribution in [3.8, 4) is 17.2 Å². The third-order valence-electron chi connectivity index (χ3n) is 4.84. The molecule has 5 nitrogen and oxygen atoms in total. The SMILES string of the molecule is N#Cc1c(N)nc2sc(C(=O)c3ccc(C(F)(F)F)cc3)c(N)c2c1-c1ccccc1I. The van der Waals surface area contributed by atoms with Gasteiger partial charge in [0.15, 0.2) is 0 Å². The van der Waals surface area contributed by atoms with Crippen LogP contribution in [0.4, 0.5) is 24.7 Å². The molecule has 0 bridgehead atoms. The molecule has 0 saturated carbocycles. The normalized spacial score (nSPS) is 11.5. The zero-order chi connectivity index (χ0) is 23.2. The Morgan fingerprint density at radius 1 is 1.09 bits per heavy atom. The summed E-state index contributed by atoms with van der Waals surface area (Å²) in [7, 11) is 0. The number of fused-ring (bicyclic) bond motifs is 1. The smallest absolute Gasteiger partial charge is 0.397 e. The van der Waals surface area contributed by atoms with Crippen LogP contribution in [0.25, 0.3) is 21.3 Å². The van der Waals surface area contributed by atoms with Gasteiger partial charge in [-0.05, 0) is 46.4 Å². The van der Waals surface area contributed by atoms with Crippen molar-refractivity contribution in [1.82, 2.24) is 4.98 Å². The second-order valence-corrected chi connectivity index (χ2v) is 8.93. The third kappa shape index (κ3) is 3.67. The number of thiophene rings is 1. The highest BCUT2D eigenvalue weighted by molar-refractivity contribution is 14.1. The third-order valence-corrected chi connectivity index (χ3v) is 6.88. The van der Waals surface area contributed by atoms with Gasteiger partial charge in [0.1, 0.15) is 27.2 Å². The molecule has 32 heavy (non-hydrogen) atoms. The first-order chi connectivity index (χ1) is 15.1. The summed E-state index contributed by atoms with van der Waals surface area (Å²) >= 11 is 3.11. The molecule has 0 saturated heterocycles. The molecule has 0 aliphatic heterocycles. The summed E-state index contributed by atoms with van der Waals surface area (Å²) in [6.07, 6.45) is -4.50. The minimum absolute atomic E-state index is 0.00410. The van der Waals surface area contributed by atoms with Gasteiger partial charge in [0.05, 0.1) is 11.3 Å². The van der Waals surface area contributed by atoms with Gasteiger partial charge in [0.2, 0.25) is 5.78 Å². The molecule has 4 rings (SSSR count). The Morgan fingerprint density at radius 2 is 1.75 bits per heavy atom. The number of benzene rings is 2. The van der Waals surface area contributed by atoms with E-state index >= 15 is 0 Å². The molecule has 2 heterocycles. The Balaban J connectivity index is 1.93. The van der Waals surface area contributed by atoms with Gasteiger partial charge in [0.25, 0.3) is 0 Å². The summed E-state index contributed by atoms with van der Waals surface area (Å²) in [4.78, 5) is 17.8. The maximum atomic E-state index is 13.1. The van der Waals surface area contributed by atoms with E-state index in [4.69, 9.17) is 11.5 Å². The van der Waals surface area contributed by atoms with Crippen molar-refractivity contribution in [1.29, 1.82) is 5.26 Å². The van der Waals surface area contributed by atoms with Gasteiger partial charge >= 0.3 is 6.18 Å². The van der Waals surface area contributed by atoms with E-state index in [2.05, 4.69) is 33.6 Å². The van der Waals surface area contributed by atoms with Gasteiger partial charge in [0, 0.05) is 20.1 Å². The van der Waals surface area contributed by atoms with Crippen LogP contribution in [0.3, 0.4) is 0 Å². The maximum absolute atomic E-state index is 13.1. The number of anilines is 2. The van der Waals surface area contributed by atoms with Crippen LogP contribution in [0.1, 0.15) is 26.4 Å². The molecule has 0 radical (unpaired) electrons. The quantitative estimate of drug-likeness (QED) is 0.240. The molecule has 0 aliphatic carbocycles. The molecule has 0 atom stereocenters. The number of hydrogen-bond acceptors (Lipinski definition) is 6. The van der Waals surface area contributed by atoms with Crippen molar-refractivity contribution >= 4 is 61.4 Å². The standard InChI is InChI=1S/C22H12F3IN4OS/c23-22(24,25)11-7-5-10(6-8-11)18(31)19-17(28)16-15(12-3-1-2-4-14(12)26)13(9-27)20(29)30-21(16)32-19/h1-8H,28H2,(H2,29,30). The van der Waals surface area contributed by atoms with Gasteiger partial charge < -0.3 is 11.5 Å². The van der Waals surface area contributed by atoms with E-state index in [0.717, 1.165) is 39.2 Å². The number of halogens is 4. The molecule has 2 aromatic carbocycles. The first kappa shape index (κ1) is 22.0. The second kappa shape index (κ2) is 8.07. The fraction of sp³-hybridized carbons (Fsp3) is 0.0455. The molecule has 0 spiro atoms. The summed E-state index contributed by atoms with van der Waals surface area (Å²) in [5.74, 6) is -0.533. The minimum Gasteiger partial charge on any atom is -0.397 e. The number of carbonyl (C=O) groups is 1. The van der Waals surface area contributed by atoms with E-state index < -0.39 is 17.5 Å². The Morgan fingerprint density at radius 3 is 2.34 bits per heavy atom. The lowest BCUT2D eigenvalue weighted by atomic mass is 9.96. The molecule has 10 heteroatoms. The topological polar surface area (TPSA) is 106 Å². The predicted octanol–water partition coefficient (Wildman–Crippen LogP) is 5.85. The summed E-state index contributed by atoms with van der Waals surface area (Å²) < 4.78 is 39.4. The van der Waals surface area contributed by atoms with Crippen LogP contribution in [0.5, 0.6) is 0 Å². The lowest BCUT2D eigenvalue weighted by Gasteiger charge is -2.11. The Bertz CT molecular complexity index is 1420. The van der Waals surface area contributed by atoms with Gasteiger partial charge in [-0.25, -0.2) is 4.98 Å². The minimum atomic E-state index is -4.50. The van der Waals surface area contributed by atoms with Gasteiger partial charge in [-0.1, -0.05) is 30.3 Å². The highest BCUT2D eigenvalue weighted by Gasteiger charge is 2.31. The molecular weight excluding hydrogens is 552 g/mol. The average Bonchev–Trinajstić information content (AvgIpc) is 3.08. The van der Waals surface area contributed by atoms with E-state index in [1.165, 1.54) is 0 Å². The summed E-state index contributed by atoms with van der Waals surface area (Å²) in [5, 5.41) is 10.1. The molecule has 0 unspecified atom stereocenters. The number of nitrogens with zero attached hydrogens (tertiary/aromatic N) is 2. The molecule has 2 aromatic heterocycles. The van der Waals surface area contributed by atoms with Gasteiger partial charge in [-0.2, -0.15) is 18.4 Å². The van der Waals surface area contributed by atoms with Crippen LogP contribution in [0.2, 0.25) is 0 Å². The first-order valence-corrected chi connectivity index (χ1v) is 10.9. The van der Waals surface area contributed by atoms with Gasteiger partial charge in [-0.3, -0.25) is 4.79 Å².